The molecule has 1 aromatic heterocycles. The highest BCUT2D eigenvalue weighted by molar-refractivity contribution is 6.31. The van der Waals surface area contributed by atoms with Gasteiger partial charge in [0, 0.05) is 18.0 Å². The Bertz CT molecular complexity index is 1250. The minimum absolute atomic E-state index is 0.111. The van der Waals surface area contributed by atoms with Gasteiger partial charge in [-0.2, -0.15) is 0 Å². The molecule has 1 atom stereocenters. The van der Waals surface area contributed by atoms with Crippen LogP contribution in [-0.4, -0.2) is 34.6 Å². The number of hydrogen-bond acceptors (Lipinski definition) is 6. The number of fused-ring (bicyclic) bond motifs is 2. The highest BCUT2D eigenvalue weighted by Crippen LogP contribution is 2.28. The standard InChI is InChI=1S/C22H20ClN3O5/c1-12(20(27)25-17-11-14(23)6-8-18(17)30-2)31-22(29)13-5-7-15-16(10-13)24-19-4-3-9-26(19)21(15)28/h5-8,10-12H,3-4,9H2,1-2H3,(H,25,27)/t12-/m0/s1. The lowest BCUT2D eigenvalue weighted by Gasteiger charge is -2.15. The van der Waals surface area contributed by atoms with Gasteiger partial charge in [-0.15, -0.1) is 0 Å². The Hall–Kier alpha value is -3.39. The molecule has 31 heavy (non-hydrogen) atoms. The van der Waals surface area contributed by atoms with E-state index < -0.39 is 18.0 Å². The fraction of sp³-hybridized carbons (Fsp3) is 0.273. The number of aromatic nitrogens is 2. The number of ether oxygens (including phenoxy) is 2. The van der Waals surface area contributed by atoms with Crippen molar-refractivity contribution in [2.45, 2.75) is 32.4 Å². The highest BCUT2D eigenvalue weighted by atomic mass is 35.5. The topological polar surface area (TPSA) is 99.5 Å². The summed E-state index contributed by atoms with van der Waals surface area (Å²) in [6.07, 6.45) is 0.520. The SMILES string of the molecule is COc1ccc(Cl)cc1NC(=O)[C@H](C)OC(=O)c1ccc2c(=O)n3c(nc2c1)CCC3. The number of nitrogens with zero attached hydrogens (tertiary/aromatic N) is 2. The molecule has 2 heterocycles. The number of aryl methyl sites for hydroxylation is 1. The Morgan fingerprint density at radius 3 is 2.81 bits per heavy atom. The number of carbonyl (C=O) groups is 2. The number of halogens is 1. The third-order valence-electron chi connectivity index (χ3n) is 5.12. The first kappa shape index (κ1) is 20.9. The predicted octanol–water partition coefficient (Wildman–Crippen LogP) is 3.19. The van der Waals surface area contributed by atoms with Gasteiger partial charge in [0.25, 0.3) is 11.5 Å². The van der Waals surface area contributed by atoms with Crippen LogP contribution in [0.25, 0.3) is 10.9 Å². The predicted molar refractivity (Wildman–Crippen MR) is 116 cm³/mol. The summed E-state index contributed by atoms with van der Waals surface area (Å²) in [4.78, 5) is 42.2. The van der Waals surface area contributed by atoms with E-state index in [2.05, 4.69) is 10.3 Å². The molecule has 0 saturated carbocycles. The Balaban J connectivity index is 1.50. The Labute approximate surface area is 182 Å². The van der Waals surface area contributed by atoms with E-state index in [0.717, 1.165) is 12.8 Å². The third-order valence-corrected chi connectivity index (χ3v) is 5.36. The number of methoxy groups -OCH3 is 1. The number of amides is 1. The van der Waals surface area contributed by atoms with Crippen molar-refractivity contribution in [2.24, 2.45) is 0 Å². The molecule has 9 heteroatoms. The molecule has 0 radical (unpaired) electrons. The van der Waals surface area contributed by atoms with Gasteiger partial charge in [-0.25, -0.2) is 9.78 Å². The van der Waals surface area contributed by atoms with Crippen LogP contribution in [0, 0.1) is 0 Å². The molecule has 2 aromatic carbocycles. The van der Waals surface area contributed by atoms with Gasteiger partial charge >= 0.3 is 5.97 Å². The molecule has 0 bridgehead atoms. The van der Waals surface area contributed by atoms with E-state index >= 15 is 0 Å². The largest absolute Gasteiger partial charge is 0.495 e. The van der Waals surface area contributed by atoms with Crippen molar-refractivity contribution < 1.29 is 19.1 Å². The summed E-state index contributed by atoms with van der Waals surface area (Å²) in [7, 11) is 1.47. The first-order valence-corrected chi connectivity index (χ1v) is 10.1. The van der Waals surface area contributed by atoms with Crippen LogP contribution < -0.4 is 15.6 Å². The van der Waals surface area contributed by atoms with Gasteiger partial charge in [-0.1, -0.05) is 11.6 Å². The van der Waals surface area contributed by atoms with Crippen LogP contribution in [0.2, 0.25) is 5.02 Å². The Morgan fingerprint density at radius 2 is 2.03 bits per heavy atom. The number of nitrogens with one attached hydrogen (secondary N) is 1. The van der Waals surface area contributed by atoms with Gasteiger partial charge in [0.1, 0.15) is 11.6 Å². The first-order valence-electron chi connectivity index (χ1n) is 9.76. The summed E-state index contributed by atoms with van der Waals surface area (Å²) in [5.41, 5.74) is 0.906. The zero-order valence-electron chi connectivity index (χ0n) is 17.0. The van der Waals surface area contributed by atoms with E-state index in [1.165, 1.54) is 26.2 Å². The number of benzene rings is 2. The average Bonchev–Trinajstić information content (AvgIpc) is 3.22. The zero-order valence-corrected chi connectivity index (χ0v) is 17.7. The van der Waals surface area contributed by atoms with Crippen molar-refractivity contribution >= 4 is 40.1 Å². The number of rotatable bonds is 5. The summed E-state index contributed by atoms with van der Waals surface area (Å²) in [5.74, 6) is -0.0872. The van der Waals surface area contributed by atoms with Crippen molar-refractivity contribution in [3.8, 4) is 5.75 Å². The number of hydrogen-bond donors (Lipinski definition) is 1. The first-order chi connectivity index (χ1) is 14.9. The van der Waals surface area contributed by atoms with Crippen molar-refractivity contribution in [3.63, 3.8) is 0 Å². The van der Waals surface area contributed by atoms with Crippen LogP contribution in [-0.2, 0) is 22.5 Å². The van der Waals surface area contributed by atoms with E-state index in [9.17, 15) is 14.4 Å². The van der Waals surface area contributed by atoms with Crippen molar-refractivity contribution in [1.82, 2.24) is 9.55 Å². The monoisotopic (exact) mass is 441 g/mol. The van der Waals surface area contributed by atoms with E-state index in [1.807, 2.05) is 0 Å². The molecular weight excluding hydrogens is 422 g/mol. The summed E-state index contributed by atoms with van der Waals surface area (Å²) in [5, 5.41) is 3.51. The van der Waals surface area contributed by atoms with Crippen LogP contribution in [0.4, 0.5) is 5.69 Å². The molecule has 3 aromatic rings. The van der Waals surface area contributed by atoms with Crippen LogP contribution in [0.1, 0.15) is 29.5 Å². The van der Waals surface area contributed by atoms with Gasteiger partial charge in [0.2, 0.25) is 0 Å². The molecule has 8 nitrogen and oxygen atoms in total. The number of esters is 1. The Morgan fingerprint density at radius 1 is 1.23 bits per heavy atom. The van der Waals surface area contributed by atoms with Crippen molar-refractivity contribution in [3.05, 3.63) is 63.2 Å². The average molecular weight is 442 g/mol. The second-order valence-electron chi connectivity index (χ2n) is 7.20. The second-order valence-corrected chi connectivity index (χ2v) is 7.64. The maximum atomic E-state index is 12.6. The van der Waals surface area contributed by atoms with Crippen molar-refractivity contribution in [2.75, 3.05) is 12.4 Å². The molecule has 0 spiro atoms. The molecule has 0 aliphatic carbocycles. The fourth-order valence-corrected chi connectivity index (χ4v) is 3.68. The second kappa shape index (κ2) is 8.39. The molecule has 1 aliphatic heterocycles. The Kier molecular flexibility index (Phi) is 5.65. The lowest BCUT2D eigenvalue weighted by Crippen LogP contribution is -2.30. The van der Waals surface area contributed by atoms with Crippen LogP contribution >= 0.6 is 11.6 Å². The van der Waals surface area contributed by atoms with Gasteiger partial charge in [0.05, 0.1) is 29.3 Å². The molecule has 4 rings (SSSR count). The van der Waals surface area contributed by atoms with Gasteiger partial charge in [0.15, 0.2) is 6.10 Å². The van der Waals surface area contributed by atoms with Crippen LogP contribution in [0.15, 0.2) is 41.2 Å². The smallest absolute Gasteiger partial charge is 0.338 e. The van der Waals surface area contributed by atoms with Crippen molar-refractivity contribution in [1.29, 1.82) is 0 Å². The summed E-state index contributed by atoms with van der Waals surface area (Å²) in [6, 6.07) is 9.38. The third kappa shape index (κ3) is 4.11. The molecule has 1 aliphatic rings. The van der Waals surface area contributed by atoms with E-state index in [0.29, 0.717) is 39.7 Å². The van der Waals surface area contributed by atoms with Crippen LogP contribution in [0.3, 0.4) is 0 Å². The molecule has 0 fully saturated rings. The minimum atomic E-state index is -1.08. The maximum absolute atomic E-state index is 12.6. The molecule has 0 unspecified atom stereocenters. The summed E-state index contributed by atoms with van der Waals surface area (Å²) >= 11 is 5.97. The van der Waals surface area contributed by atoms with Gasteiger partial charge in [-0.05, 0) is 49.7 Å². The maximum Gasteiger partial charge on any atom is 0.338 e. The molecule has 160 valence electrons. The van der Waals surface area contributed by atoms with Gasteiger partial charge < -0.3 is 14.8 Å². The van der Waals surface area contributed by atoms with E-state index in [-0.39, 0.29) is 11.1 Å². The summed E-state index contributed by atoms with van der Waals surface area (Å²) in [6.45, 7) is 2.12. The van der Waals surface area contributed by atoms with Crippen LogP contribution in [0.5, 0.6) is 5.75 Å². The minimum Gasteiger partial charge on any atom is -0.495 e. The number of carbonyl (C=O) groups excluding carboxylic acids is 2. The molecule has 1 amide bonds. The van der Waals surface area contributed by atoms with Gasteiger partial charge in [-0.3, -0.25) is 14.2 Å². The lowest BCUT2D eigenvalue weighted by atomic mass is 10.1. The molecular formula is C22H20ClN3O5. The quantitative estimate of drug-likeness (QED) is 0.610. The number of anilines is 1. The van der Waals surface area contributed by atoms with E-state index in [1.54, 1.807) is 28.8 Å². The molecule has 1 N–H and O–H groups in total. The normalized spacial score (nSPS) is 13.5. The van der Waals surface area contributed by atoms with E-state index in [4.69, 9.17) is 21.1 Å². The lowest BCUT2D eigenvalue weighted by molar-refractivity contribution is -0.123. The molecule has 0 saturated heterocycles. The highest BCUT2D eigenvalue weighted by Gasteiger charge is 2.22. The fourth-order valence-electron chi connectivity index (χ4n) is 3.51. The summed E-state index contributed by atoms with van der Waals surface area (Å²) < 4.78 is 12.2. The zero-order chi connectivity index (χ0) is 22.1.